The number of benzene rings is 1. The summed E-state index contributed by atoms with van der Waals surface area (Å²) in [4.78, 5) is 0. The Bertz CT molecular complexity index is 260. The first-order valence-electron chi connectivity index (χ1n) is 4.55. The molecule has 1 unspecified atom stereocenters. The molecule has 1 N–H and O–H groups in total. The maximum Gasteiger partial charge on any atom is 0.0715 e. The second-order valence-corrected chi connectivity index (χ2v) is 3.30. The van der Waals surface area contributed by atoms with Crippen molar-refractivity contribution in [3.05, 3.63) is 29.8 Å². The van der Waals surface area contributed by atoms with Crippen LogP contribution in [0.1, 0.15) is 12.5 Å². The number of hydrogen-bond donors (Lipinski definition) is 1. The number of aryl methyl sites for hydroxylation is 1. The van der Waals surface area contributed by atoms with Crippen LogP contribution in [0.5, 0.6) is 0 Å². The smallest absolute Gasteiger partial charge is 0.0715 e. The van der Waals surface area contributed by atoms with Crippen LogP contribution in [0, 0.1) is 6.92 Å². The van der Waals surface area contributed by atoms with Crippen LogP contribution in [0.25, 0.3) is 0 Å². The van der Waals surface area contributed by atoms with Crippen molar-refractivity contribution < 1.29 is 4.74 Å². The van der Waals surface area contributed by atoms with Crippen molar-refractivity contribution in [3.8, 4) is 0 Å². The summed E-state index contributed by atoms with van der Waals surface area (Å²) in [5, 5.41) is 3.31. The molecule has 0 radical (unpaired) electrons. The maximum absolute atomic E-state index is 5.14. The molecule has 0 spiro atoms. The van der Waals surface area contributed by atoms with Gasteiger partial charge in [-0.15, -0.1) is 0 Å². The quantitative estimate of drug-likeness (QED) is 0.766. The van der Waals surface area contributed by atoms with E-state index in [1.165, 1.54) is 5.56 Å². The van der Waals surface area contributed by atoms with E-state index in [4.69, 9.17) is 4.74 Å². The summed E-state index contributed by atoms with van der Waals surface area (Å²) in [6.07, 6.45) is 0.250. The van der Waals surface area contributed by atoms with Crippen LogP contribution >= 0.6 is 0 Å². The van der Waals surface area contributed by atoms with Crippen molar-refractivity contribution in [1.82, 2.24) is 0 Å². The maximum atomic E-state index is 5.14. The standard InChI is InChI=1S/C11H17NO/c1-9-5-4-6-11(7-9)12-8-10(2)13-3/h4-7,10,12H,8H2,1-3H3. The monoisotopic (exact) mass is 179 g/mol. The lowest BCUT2D eigenvalue weighted by atomic mass is 10.2. The fraction of sp³-hybridized carbons (Fsp3) is 0.455. The zero-order valence-corrected chi connectivity index (χ0v) is 8.50. The lowest BCUT2D eigenvalue weighted by molar-refractivity contribution is 0.129. The van der Waals surface area contributed by atoms with Gasteiger partial charge in [-0.3, -0.25) is 0 Å². The van der Waals surface area contributed by atoms with Gasteiger partial charge >= 0.3 is 0 Å². The molecule has 0 aromatic heterocycles. The van der Waals surface area contributed by atoms with Crippen LogP contribution in [0.15, 0.2) is 24.3 Å². The Morgan fingerprint density at radius 1 is 1.46 bits per heavy atom. The van der Waals surface area contributed by atoms with Crippen molar-refractivity contribution >= 4 is 5.69 Å². The molecule has 1 aromatic carbocycles. The first-order valence-corrected chi connectivity index (χ1v) is 4.55. The first kappa shape index (κ1) is 10.1. The summed E-state index contributed by atoms with van der Waals surface area (Å²) < 4.78 is 5.14. The van der Waals surface area contributed by atoms with Crippen LogP contribution in [-0.2, 0) is 4.74 Å². The van der Waals surface area contributed by atoms with Gasteiger partial charge < -0.3 is 10.1 Å². The van der Waals surface area contributed by atoms with E-state index in [1.54, 1.807) is 7.11 Å². The molecule has 0 aliphatic carbocycles. The third kappa shape index (κ3) is 3.47. The molecule has 2 nitrogen and oxygen atoms in total. The van der Waals surface area contributed by atoms with Crippen molar-refractivity contribution in [2.75, 3.05) is 19.0 Å². The summed E-state index contributed by atoms with van der Waals surface area (Å²) >= 11 is 0. The highest BCUT2D eigenvalue weighted by atomic mass is 16.5. The number of hydrogen-bond acceptors (Lipinski definition) is 2. The van der Waals surface area contributed by atoms with Crippen molar-refractivity contribution in [2.24, 2.45) is 0 Å². The number of ether oxygens (including phenoxy) is 1. The Kier molecular flexibility index (Phi) is 3.77. The Balaban J connectivity index is 2.45. The van der Waals surface area contributed by atoms with Gasteiger partial charge in [-0.1, -0.05) is 12.1 Å². The molecule has 1 rings (SSSR count). The van der Waals surface area contributed by atoms with E-state index in [9.17, 15) is 0 Å². The zero-order chi connectivity index (χ0) is 9.68. The van der Waals surface area contributed by atoms with E-state index in [0.717, 1.165) is 12.2 Å². The molecule has 0 bridgehead atoms. The van der Waals surface area contributed by atoms with Crippen LogP contribution in [0.4, 0.5) is 5.69 Å². The number of anilines is 1. The van der Waals surface area contributed by atoms with Crippen molar-refractivity contribution in [3.63, 3.8) is 0 Å². The minimum Gasteiger partial charge on any atom is -0.382 e. The number of methoxy groups -OCH3 is 1. The number of nitrogens with one attached hydrogen (secondary N) is 1. The molecular formula is C11H17NO. The Hall–Kier alpha value is -1.02. The summed E-state index contributed by atoms with van der Waals surface area (Å²) in [5.74, 6) is 0. The van der Waals surface area contributed by atoms with E-state index >= 15 is 0 Å². The predicted molar refractivity (Wildman–Crippen MR) is 56.1 cm³/mol. The van der Waals surface area contributed by atoms with E-state index in [1.807, 2.05) is 6.92 Å². The lowest BCUT2D eigenvalue weighted by Gasteiger charge is -2.11. The summed E-state index contributed by atoms with van der Waals surface area (Å²) in [6, 6.07) is 8.33. The first-order chi connectivity index (χ1) is 6.22. The van der Waals surface area contributed by atoms with Crippen LogP contribution < -0.4 is 5.32 Å². The highest BCUT2D eigenvalue weighted by Crippen LogP contribution is 2.09. The second kappa shape index (κ2) is 4.87. The van der Waals surface area contributed by atoms with Gasteiger partial charge in [0.25, 0.3) is 0 Å². The molecule has 0 saturated heterocycles. The fourth-order valence-corrected chi connectivity index (χ4v) is 1.10. The largest absolute Gasteiger partial charge is 0.382 e. The van der Waals surface area contributed by atoms with Crippen molar-refractivity contribution in [2.45, 2.75) is 20.0 Å². The zero-order valence-electron chi connectivity index (χ0n) is 8.50. The summed E-state index contributed by atoms with van der Waals surface area (Å²) in [6.45, 7) is 4.98. The van der Waals surface area contributed by atoms with Gasteiger partial charge in [-0.05, 0) is 31.5 Å². The second-order valence-electron chi connectivity index (χ2n) is 3.30. The minimum atomic E-state index is 0.250. The number of rotatable bonds is 4. The van der Waals surface area contributed by atoms with E-state index < -0.39 is 0 Å². The lowest BCUT2D eigenvalue weighted by Crippen LogP contribution is -2.17. The minimum absolute atomic E-state index is 0.250. The third-order valence-electron chi connectivity index (χ3n) is 2.01. The van der Waals surface area contributed by atoms with Gasteiger partial charge in [-0.2, -0.15) is 0 Å². The average molecular weight is 179 g/mol. The fourth-order valence-electron chi connectivity index (χ4n) is 1.10. The Morgan fingerprint density at radius 3 is 2.85 bits per heavy atom. The average Bonchev–Trinajstić information content (AvgIpc) is 2.14. The predicted octanol–water partition coefficient (Wildman–Crippen LogP) is 2.44. The molecule has 2 heteroatoms. The van der Waals surface area contributed by atoms with Crippen LogP contribution in [0.3, 0.4) is 0 Å². The molecule has 0 saturated carbocycles. The van der Waals surface area contributed by atoms with E-state index in [2.05, 4.69) is 36.5 Å². The highest BCUT2D eigenvalue weighted by Gasteiger charge is 1.98. The Morgan fingerprint density at radius 2 is 2.23 bits per heavy atom. The molecule has 0 aliphatic rings. The van der Waals surface area contributed by atoms with Crippen LogP contribution in [-0.4, -0.2) is 19.8 Å². The molecule has 13 heavy (non-hydrogen) atoms. The SMILES string of the molecule is COC(C)CNc1cccc(C)c1. The van der Waals surface area contributed by atoms with Gasteiger partial charge in [0.15, 0.2) is 0 Å². The van der Waals surface area contributed by atoms with Gasteiger partial charge in [0.1, 0.15) is 0 Å². The normalized spacial score (nSPS) is 12.5. The van der Waals surface area contributed by atoms with Crippen LogP contribution in [0.2, 0.25) is 0 Å². The van der Waals surface area contributed by atoms with Gasteiger partial charge in [0.05, 0.1) is 6.10 Å². The molecule has 0 fully saturated rings. The highest BCUT2D eigenvalue weighted by molar-refractivity contribution is 5.45. The van der Waals surface area contributed by atoms with Crippen molar-refractivity contribution in [1.29, 1.82) is 0 Å². The molecule has 1 aromatic rings. The molecule has 1 atom stereocenters. The molecule has 0 heterocycles. The topological polar surface area (TPSA) is 21.3 Å². The van der Waals surface area contributed by atoms with E-state index in [-0.39, 0.29) is 6.10 Å². The van der Waals surface area contributed by atoms with Gasteiger partial charge in [-0.25, -0.2) is 0 Å². The third-order valence-corrected chi connectivity index (χ3v) is 2.01. The molecular weight excluding hydrogens is 162 g/mol. The van der Waals surface area contributed by atoms with Gasteiger partial charge in [0, 0.05) is 19.3 Å². The van der Waals surface area contributed by atoms with E-state index in [0.29, 0.717) is 0 Å². The summed E-state index contributed by atoms with van der Waals surface area (Å²) in [7, 11) is 1.72. The molecule has 0 amide bonds. The van der Waals surface area contributed by atoms with Gasteiger partial charge in [0.2, 0.25) is 0 Å². The molecule has 0 aliphatic heterocycles. The summed E-state index contributed by atoms with van der Waals surface area (Å²) in [5.41, 5.74) is 2.43. The molecule has 72 valence electrons. The Labute approximate surface area is 79.9 Å².